The zero-order chi connectivity index (χ0) is 29.8. The highest BCUT2D eigenvalue weighted by atomic mass is 19.4. The second-order valence-corrected chi connectivity index (χ2v) is 11.1. The maximum Gasteiger partial charge on any atom is 0.416 e. The van der Waals surface area contributed by atoms with Gasteiger partial charge in [0.05, 0.1) is 18.2 Å². The van der Waals surface area contributed by atoms with Gasteiger partial charge in [0.15, 0.2) is 5.76 Å². The van der Waals surface area contributed by atoms with Crippen molar-refractivity contribution >= 4 is 11.6 Å². The van der Waals surface area contributed by atoms with Crippen molar-refractivity contribution < 1.29 is 22.4 Å². The fourth-order valence-electron chi connectivity index (χ4n) is 6.07. The van der Waals surface area contributed by atoms with Crippen molar-refractivity contribution in [1.29, 1.82) is 0 Å². The second-order valence-electron chi connectivity index (χ2n) is 11.1. The standard InChI is InChI=1S/C34H35F3N4O2/c35-34(36,37)28-12-7-13-29(24-28)39-20-22-41(23-21-39)33(42)31-15-14-30(43-31)25-38-16-18-40(19-17-38)32(26-8-3-1-4-9-26)27-10-5-2-6-11-27/h1-15,24,32H,16-23,25H2. The number of alkyl halides is 3. The molecule has 4 aromatic rings. The van der Waals surface area contributed by atoms with Gasteiger partial charge in [0, 0.05) is 58.0 Å². The maximum absolute atomic E-state index is 13.2. The van der Waals surface area contributed by atoms with Crippen LogP contribution in [0.4, 0.5) is 18.9 Å². The summed E-state index contributed by atoms with van der Waals surface area (Å²) in [5.74, 6) is 0.866. The summed E-state index contributed by atoms with van der Waals surface area (Å²) in [5, 5.41) is 0. The SMILES string of the molecule is O=C(c1ccc(CN2CCN(C(c3ccccc3)c3ccccc3)CC2)o1)N1CCN(c2cccc(C(F)(F)F)c2)CC1. The highest BCUT2D eigenvalue weighted by Crippen LogP contribution is 2.32. The third-order valence-electron chi connectivity index (χ3n) is 8.36. The summed E-state index contributed by atoms with van der Waals surface area (Å²) in [7, 11) is 0. The zero-order valence-electron chi connectivity index (χ0n) is 23.9. The summed E-state index contributed by atoms with van der Waals surface area (Å²) >= 11 is 0. The summed E-state index contributed by atoms with van der Waals surface area (Å²) in [6.07, 6.45) is -4.38. The highest BCUT2D eigenvalue weighted by Gasteiger charge is 2.32. The summed E-state index contributed by atoms with van der Waals surface area (Å²) in [6, 6.07) is 30.4. The molecule has 2 fully saturated rings. The molecule has 0 atom stereocenters. The normalized spacial score (nSPS) is 17.0. The number of carbonyl (C=O) groups excluding carboxylic acids is 1. The van der Waals surface area contributed by atoms with Crippen LogP contribution in [0.15, 0.2) is 101 Å². The average Bonchev–Trinajstić information content (AvgIpc) is 3.51. The Balaban J connectivity index is 1.02. The number of rotatable bonds is 7. The van der Waals surface area contributed by atoms with E-state index in [1.165, 1.54) is 23.3 Å². The van der Waals surface area contributed by atoms with E-state index in [4.69, 9.17) is 4.42 Å². The van der Waals surface area contributed by atoms with Gasteiger partial charge in [-0.3, -0.25) is 14.6 Å². The van der Waals surface area contributed by atoms with E-state index in [9.17, 15) is 18.0 Å². The molecule has 0 saturated carbocycles. The zero-order valence-corrected chi connectivity index (χ0v) is 23.9. The van der Waals surface area contributed by atoms with E-state index < -0.39 is 11.7 Å². The van der Waals surface area contributed by atoms with Crippen LogP contribution in [0.1, 0.15) is 39.0 Å². The topological polar surface area (TPSA) is 43.2 Å². The minimum absolute atomic E-state index is 0.187. The van der Waals surface area contributed by atoms with Crippen molar-refractivity contribution in [2.75, 3.05) is 57.3 Å². The minimum Gasteiger partial charge on any atom is -0.455 e. The molecule has 0 bridgehead atoms. The summed E-state index contributed by atoms with van der Waals surface area (Å²) in [5.41, 5.74) is 2.42. The summed E-state index contributed by atoms with van der Waals surface area (Å²) < 4.78 is 45.4. The molecule has 3 heterocycles. The number of nitrogens with zero attached hydrogens (tertiary/aromatic N) is 4. The Kier molecular flexibility index (Phi) is 8.54. The predicted molar refractivity (Wildman–Crippen MR) is 160 cm³/mol. The van der Waals surface area contributed by atoms with Crippen LogP contribution in [-0.4, -0.2) is 73.0 Å². The quantitative estimate of drug-likeness (QED) is 0.259. The van der Waals surface area contributed by atoms with Crippen LogP contribution < -0.4 is 4.90 Å². The Labute approximate surface area is 249 Å². The van der Waals surface area contributed by atoms with Crippen LogP contribution in [-0.2, 0) is 12.7 Å². The molecule has 1 amide bonds. The van der Waals surface area contributed by atoms with E-state index in [1.807, 2.05) is 23.1 Å². The van der Waals surface area contributed by atoms with Gasteiger partial charge in [-0.2, -0.15) is 13.2 Å². The molecule has 9 heteroatoms. The molecular formula is C34H35F3N4O2. The predicted octanol–water partition coefficient (Wildman–Crippen LogP) is 6.17. The van der Waals surface area contributed by atoms with Crippen molar-refractivity contribution in [1.82, 2.24) is 14.7 Å². The smallest absolute Gasteiger partial charge is 0.416 e. The molecule has 2 aliphatic rings. The van der Waals surface area contributed by atoms with Gasteiger partial charge in [0.2, 0.25) is 0 Å². The van der Waals surface area contributed by atoms with Gasteiger partial charge >= 0.3 is 6.18 Å². The molecule has 0 radical (unpaired) electrons. The van der Waals surface area contributed by atoms with E-state index in [0.29, 0.717) is 44.2 Å². The fraction of sp³-hybridized carbons (Fsp3) is 0.324. The third kappa shape index (κ3) is 6.78. The van der Waals surface area contributed by atoms with Gasteiger partial charge < -0.3 is 14.2 Å². The summed E-state index contributed by atoms with van der Waals surface area (Å²) in [4.78, 5) is 21.6. The molecule has 224 valence electrons. The molecule has 1 aromatic heterocycles. The number of benzene rings is 3. The lowest BCUT2D eigenvalue weighted by Gasteiger charge is -2.39. The van der Waals surface area contributed by atoms with Crippen molar-refractivity contribution in [3.63, 3.8) is 0 Å². The van der Waals surface area contributed by atoms with Gasteiger partial charge in [-0.1, -0.05) is 66.7 Å². The van der Waals surface area contributed by atoms with Crippen LogP contribution >= 0.6 is 0 Å². The van der Waals surface area contributed by atoms with Crippen molar-refractivity contribution in [3.05, 3.63) is 125 Å². The van der Waals surface area contributed by atoms with E-state index in [-0.39, 0.29) is 11.9 Å². The Hall–Kier alpha value is -4.08. The second kappa shape index (κ2) is 12.7. The lowest BCUT2D eigenvalue weighted by Crippen LogP contribution is -2.48. The van der Waals surface area contributed by atoms with Crippen LogP contribution in [0.25, 0.3) is 0 Å². The average molecular weight is 589 g/mol. The highest BCUT2D eigenvalue weighted by molar-refractivity contribution is 5.91. The molecule has 6 rings (SSSR count). The molecular weight excluding hydrogens is 553 g/mol. The molecule has 3 aromatic carbocycles. The number of hydrogen-bond donors (Lipinski definition) is 0. The first-order valence-corrected chi connectivity index (χ1v) is 14.7. The Morgan fingerprint density at radius 3 is 1.95 bits per heavy atom. The fourth-order valence-corrected chi connectivity index (χ4v) is 6.07. The van der Waals surface area contributed by atoms with Crippen LogP contribution in [0, 0.1) is 0 Å². The molecule has 2 aliphatic heterocycles. The molecule has 2 saturated heterocycles. The first-order valence-electron chi connectivity index (χ1n) is 14.7. The van der Waals surface area contributed by atoms with E-state index in [2.05, 4.69) is 58.3 Å². The number of furan rings is 1. The first-order chi connectivity index (χ1) is 20.8. The van der Waals surface area contributed by atoms with Crippen molar-refractivity contribution in [3.8, 4) is 0 Å². The van der Waals surface area contributed by atoms with Crippen LogP contribution in [0.3, 0.4) is 0 Å². The van der Waals surface area contributed by atoms with E-state index in [1.54, 1.807) is 17.0 Å². The van der Waals surface area contributed by atoms with Gasteiger partial charge in [0.1, 0.15) is 5.76 Å². The number of piperazine rings is 2. The number of halogens is 3. The third-order valence-corrected chi connectivity index (χ3v) is 8.36. The van der Waals surface area contributed by atoms with Gasteiger partial charge in [0.25, 0.3) is 5.91 Å². The largest absolute Gasteiger partial charge is 0.455 e. The van der Waals surface area contributed by atoms with Crippen LogP contribution in [0.2, 0.25) is 0 Å². The first kappa shape index (κ1) is 29.0. The molecule has 0 N–H and O–H groups in total. The van der Waals surface area contributed by atoms with E-state index >= 15 is 0 Å². The summed E-state index contributed by atoms with van der Waals surface area (Å²) in [6.45, 7) is 5.97. The van der Waals surface area contributed by atoms with Gasteiger partial charge in [-0.15, -0.1) is 0 Å². The van der Waals surface area contributed by atoms with Gasteiger partial charge in [-0.05, 0) is 41.5 Å². The van der Waals surface area contributed by atoms with Crippen LogP contribution in [0.5, 0.6) is 0 Å². The Bertz CT molecular complexity index is 1450. The lowest BCUT2D eigenvalue weighted by molar-refractivity contribution is -0.137. The lowest BCUT2D eigenvalue weighted by atomic mass is 9.96. The molecule has 43 heavy (non-hydrogen) atoms. The monoisotopic (exact) mass is 588 g/mol. The number of anilines is 1. The molecule has 6 nitrogen and oxygen atoms in total. The Morgan fingerprint density at radius 1 is 0.721 bits per heavy atom. The minimum atomic E-state index is -4.38. The van der Waals surface area contributed by atoms with Gasteiger partial charge in [-0.25, -0.2) is 0 Å². The number of amides is 1. The van der Waals surface area contributed by atoms with Crippen molar-refractivity contribution in [2.24, 2.45) is 0 Å². The molecule has 0 spiro atoms. The number of hydrogen-bond acceptors (Lipinski definition) is 5. The van der Waals surface area contributed by atoms with E-state index in [0.717, 1.165) is 38.0 Å². The number of carbonyl (C=O) groups is 1. The van der Waals surface area contributed by atoms with Crippen molar-refractivity contribution in [2.45, 2.75) is 18.8 Å². The maximum atomic E-state index is 13.2. The molecule has 0 aliphatic carbocycles. The Morgan fingerprint density at radius 2 is 1.35 bits per heavy atom. The molecule has 0 unspecified atom stereocenters.